The van der Waals surface area contributed by atoms with Crippen molar-refractivity contribution in [1.82, 2.24) is 4.98 Å². The largest absolute Gasteiger partial charge is 0.287 e. The first-order valence-corrected chi connectivity index (χ1v) is 6.69. The number of carbonyl (C=O) groups excluding carboxylic acids is 1. The van der Waals surface area contributed by atoms with Crippen molar-refractivity contribution in [3.05, 3.63) is 62.0 Å². The number of pyridine rings is 1. The van der Waals surface area contributed by atoms with Crippen LogP contribution >= 0.6 is 31.9 Å². The summed E-state index contributed by atoms with van der Waals surface area (Å²) >= 11 is 6.54. The van der Waals surface area contributed by atoms with Crippen LogP contribution in [0.15, 0.2) is 39.4 Å². The van der Waals surface area contributed by atoms with Gasteiger partial charge in [0.15, 0.2) is 0 Å². The average Bonchev–Trinajstić information content (AvgIpc) is 2.26. The molecule has 92 valence electrons. The summed E-state index contributed by atoms with van der Waals surface area (Å²) in [4.78, 5) is 16.3. The van der Waals surface area contributed by atoms with Crippen molar-refractivity contribution in [3.63, 3.8) is 0 Å². The van der Waals surface area contributed by atoms with Crippen LogP contribution in [0.5, 0.6) is 0 Å². The Labute approximate surface area is 121 Å². The fourth-order valence-electron chi connectivity index (χ4n) is 1.59. The Hall–Kier alpha value is -1.07. The zero-order chi connectivity index (χ0) is 13.3. The highest BCUT2D eigenvalue weighted by Crippen LogP contribution is 2.22. The van der Waals surface area contributed by atoms with E-state index in [0.29, 0.717) is 15.6 Å². The molecular formula is C13H8Br2FNO. The molecule has 0 spiro atoms. The van der Waals surface area contributed by atoms with Gasteiger partial charge in [0.05, 0.1) is 0 Å². The molecule has 5 heteroatoms. The van der Waals surface area contributed by atoms with Crippen molar-refractivity contribution in [2.75, 3.05) is 0 Å². The first-order valence-electron chi connectivity index (χ1n) is 5.10. The second-order valence-electron chi connectivity index (χ2n) is 3.83. The van der Waals surface area contributed by atoms with E-state index in [1.165, 1.54) is 18.3 Å². The third-order valence-corrected chi connectivity index (χ3v) is 3.37. The molecule has 2 rings (SSSR count). The van der Waals surface area contributed by atoms with Crippen LogP contribution in [0.25, 0.3) is 0 Å². The highest BCUT2D eigenvalue weighted by molar-refractivity contribution is 9.11. The SMILES string of the molecule is Cc1cc(F)cc(C(=O)c2ncc(Br)cc2Br)c1. The highest BCUT2D eigenvalue weighted by Gasteiger charge is 2.15. The number of carbonyl (C=O) groups is 1. The number of hydrogen-bond acceptors (Lipinski definition) is 2. The van der Waals surface area contributed by atoms with Gasteiger partial charge in [0, 0.05) is 20.7 Å². The number of aromatic nitrogens is 1. The smallest absolute Gasteiger partial charge is 0.212 e. The fraction of sp³-hybridized carbons (Fsp3) is 0.0769. The highest BCUT2D eigenvalue weighted by atomic mass is 79.9. The molecule has 0 N–H and O–H groups in total. The Kier molecular flexibility index (Phi) is 3.92. The number of halogens is 3. The Morgan fingerprint density at radius 1 is 1.22 bits per heavy atom. The lowest BCUT2D eigenvalue weighted by Crippen LogP contribution is -2.06. The summed E-state index contributed by atoms with van der Waals surface area (Å²) in [5.74, 6) is -0.733. The average molecular weight is 373 g/mol. The van der Waals surface area contributed by atoms with Crippen LogP contribution in [0.3, 0.4) is 0 Å². The Bertz CT molecular complexity index is 608. The lowest BCUT2D eigenvalue weighted by molar-refractivity contribution is 0.103. The third kappa shape index (κ3) is 2.84. The van der Waals surface area contributed by atoms with Crippen LogP contribution in [0, 0.1) is 12.7 Å². The Balaban J connectivity index is 2.47. The quantitative estimate of drug-likeness (QED) is 0.736. The molecule has 1 heterocycles. The topological polar surface area (TPSA) is 30.0 Å². The molecule has 0 aliphatic carbocycles. The standard InChI is InChI=1S/C13H8Br2FNO/c1-7-2-8(4-10(16)3-7)13(18)12-11(15)5-9(14)6-17-12/h2-6H,1H3. The number of benzene rings is 1. The van der Waals surface area contributed by atoms with E-state index in [1.54, 1.807) is 19.1 Å². The molecule has 1 aromatic carbocycles. The molecule has 0 radical (unpaired) electrons. The van der Waals surface area contributed by atoms with E-state index < -0.39 is 5.82 Å². The van der Waals surface area contributed by atoms with E-state index >= 15 is 0 Å². The normalized spacial score (nSPS) is 10.4. The summed E-state index contributed by atoms with van der Waals surface area (Å²) in [6.45, 7) is 1.74. The number of hydrogen-bond donors (Lipinski definition) is 0. The lowest BCUT2D eigenvalue weighted by Gasteiger charge is -2.05. The van der Waals surface area contributed by atoms with Crippen LogP contribution in [0.4, 0.5) is 4.39 Å². The van der Waals surface area contributed by atoms with E-state index in [9.17, 15) is 9.18 Å². The Morgan fingerprint density at radius 2 is 1.94 bits per heavy atom. The van der Waals surface area contributed by atoms with Crippen molar-refractivity contribution >= 4 is 37.6 Å². The van der Waals surface area contributed by atoms with Crippen LogP contribution in [0.1, 0.15) is 21.6 Å². The second kappa shape index (κ2) is 5.28. The van der Waals surface area contributed by atoms with Crippen molar-refractivity contribution in [1.29, 1.82) is 0 Å². The van der Waals surface area contributed by atoms with Crippen LogP contribution in [-0.4, -0.2) is 10.8 Å². The number of nitrogens with zero attached hydrogens (tertiary/aromatic N) is 1. The van der Waals surface area contributed by atoms with Gasteiger partial charge in [-0.3, -0.25) is 9.78 Å². The minimum atomic E-state index is -0.424. The number of ketones is 1. The van der Waals surface area contributed by atoms with Gasteiger partial charge in [-0.2, -0.15) is 0 Å². The predicted molar refractivity (Wildman–Crippen MR) is 74.2 cm³/mol. The maximum absolute atomic E-state index is 13.3. The maximum atomic E-state index is 13.3. The van der Waals surface area contributed by atoms with Crippen molar-refractivity contribution in [2.24, 2.45) is 0 Å². The van der Waals surface area contributed by atoms with Crippen molar-refractivity contribution in [3.8, 4) is 0 Å². The van der Waals surface area contributed by atoms with Gasteiger partial charge in [0.1, 0.15) is 11.5 Å². The summed E-state index contributed by atoms with van der Waals surface area (Å²) in [7, 11) is 0. The lowest BCUT2D eigenvalue weighted by atomic mass is 10.1. The zero-order valence-corrected chi connectivity index (χ0v) is 12.5. The molecule has 18 heavy (non-hydrogen) atoms. The molecule has 1 aromatic heterocycles. The van der Waals surface area contributed by atoms with Gasteiger partial charge >= 0.3 is 0 Å². The van der Waals surface area contributed by atoms with Crippen LogP contribution in [0.2, 0.25) is 0 Å². The molecular weight excluding hydrogens is 365 g/mol. The monoisotopic (exact) mass is 371 g/mol. The predicted octanol–water partition coefficient (Wildman–Crippen LogP) is 4.29. The molecule has 0 saturated carbocycles. The second-order valence-corrected chi connectivity index (χ2v) is 5.60. The maximum Gasteiger partial charge on any atom is 0.212 e. The summed E-state index contributed by atoms with van der Waals surface area (Å²) in [5, 5.41) is 0. The summed E-state index contributed by atoms with van der Waals surface area (Å²) in [6, 6.07) is 5.96. The molecule has 2 aromatic rings. The van der Waals surface area contributed by atoms with Crippen molar-refractivity contribution in [2.45, 2.75) is 6.92 Å². The molecule has 0 atom stereocenters. The zero-order valence-electron chi connectivity index (χ0n) is 9.38. The van der Waals surface area contributed by atoms with Crippen LogP contribution < -0.4 is 0 Å². The fourth-order valence-corrected chi connectivity index (χ4v) is 2.75. The summed E-state index contributed by atoms with van der Waals surface area (Å²) in [5.41, 5.74) is 1.26. The minimum Gasteiger partial charge on any atom is -0.287 e. The van der Waals surface area contributed by atoms with E-state index in [1.807, 2.05) is 0 Å². The van der Waals surface area contributed by atoms with Crippen LogP contribution in [-0.2, 0) is 0 Å². The van der Waals surface area contributed by atoms with E-state index in [-0.39, 0.29) is 11.5 Å². The molecule has 0 fully saturated rings. The van der Waals surface area contributed by atoms with Gasteiger partial charge in [-0.25, -0.2) is 4.39 Å². The molecule has 0 aliphatic heterocycles. The minimum absolute atomic E-state index is 0.267. The van der Waals surface area contributed by atoms with Gasteiger partial charge in [-0.15, -0.1) is 0 Å². The summed E-state index contributed by atoms with van der Waals surface area (Å²) < 4.78 is 14.6. The Morgan fingerprint density at radius 3 is 2.56 bits per heavy atom. The van der Waals surface area contributed by atoms with Gasteiger partial charge in [0.2, 0.25) is 5.78 Å². The number of aryl methyl sites for hydroxylation is 1. The molecule has 0 amide bonds. The van der Waals surface area contributed by atoms with Crippen molar-refractivity contribution < 1.29 is 9.18 Å². The molecule has 0 saturated heterocycles. The van der Waals surface area contributed by atoms with E-state index in [4.69, 9.17) is 0 Å². The van der Waals surface area contributed by atoms with Gasteiger partial charge in [0.25, 0.3) is 0 Å². The molecule has 2 nitrogen and oxygen atoms in total. The first kappa shape index (κ1) is 13.4. The molecule has 0 aliphatic rings. The molecule has 0 unspecified atom stereocenters. The third-order valence-electron chi connectivity index (χ3n) is 2.33. The first-order chi connectivity index (χ1) is 8.47. The number of rotatable bonds is 2. The van der Waals surface area contributed by atoms with Gasteiger partial charge in [-0.05, 0) is 68.6 Å². The summed E-state index contributed by atoms with van der Waals surface area (Å²) in [6.07, 6.45) is 1.53. The van der Waals surface area contributed by atoms with E-state index in [2.05, 4.69) is 36.8 Å². The van der Waals surface area contributed by atoms with E-state index in [0.717, 1.165) is 4.47 Å². The van der Waals surface area contributed by atoms with Gasteiger partial charge in [-0.1, -0.05) is 0 Å². The molecule has 0 bridgehead atoms. The van der Waals surface area contributed by atoms with Gasteiger partial charge < -0.3 is 0 Å².